The maximum absolute atomic E-state index is 11.9. The number of carbonyl (C=O) groups is 1. The van der Waals surface area contributed by atoms with Crippen molar-refractivity contribution in [3.63, 3.8) is 0 Å². The first-order valence-electron chi connectivity index (χ1n) is 8.71. The topological polar surface area (TPSA) is 70.4 Å². The Kier molecular flexibility index (Phi) is 8.11. The second kappa shape index (κ2) is 10.9. The van der Waals surface area contributed by atoms with Crippen LogP contribution in [0.1, 0.15) is 18.9 Å². The fraction of sp³-hybridized carbons (Fsp3) is 0.368. The van der Waals surface area contributed by atoms with Gasteiger partial charge in [0.05, 0.1) is 6.54 Å². The van der Waals surface area contributed by atoms with Crippen molar-refractivity contribution in [1.29, 1.82) is 0 Å². The van der Waals surface area contributed by atoms with Crippen LogP contribution in [0, 0.1) is 0 Å². The predicted octanol–water partition coefficient (Wildman–Crippen LogP) is 1.75. The van der Waals surface area contributed by atoms with E-state index in [-0.39, 0.29) is 5.91 Å². The summed E-state index contributed by atoms with van der Waals surface area (Å²) < 4.78 is 2.10. The highest BCUT2D eigenvalue weighted by atomic mass is 16.1. The van der Waals surface area contributed by atoms with E-state index in [9.17, 15) is 4.79 Å². The van der Waals surface area contributed by atoms with Crippen molar-refractivity contribution in [2.75, 3.05) is 19.6 Å². The molecule has 25 heavy (non-hydrogen) atoms. The Labute approximate surface area is 149 Å². The van der Waals surface area contributed by atoms with Crippen molar-refractivity contribution in [3.8, 4) is 0 Å². The molecule has 3 N–H and O–H groups in total. The van der Waals surface area contributed by atoms with Gasteiger partial charge in [0.15, 0.2) is 5.96 Å². The van der Waals surface area contributed by atoms with Crippen molar-refractivity contribution in [1.82, 2.24) is 20.5 Å². The molecule has 0 radical (unpaired) electrons. The van der Waals surface area contributed by atoms with Crippen LogP contribution in [-0.2, 0) is 17.9 Å². The molecule has 0 aliphatic heterocycles. The molecule has 0 spiro atoms. The number of carbonyl (C=O) groups excluding carboxylic acids is 1. The number of benzene rings is 1. The molecular formula is C19H27N5O. The maximum Gasteiger partial charge on any atom is 0.222 e. The first-order valence-corrected chi connectivity index (χ1v) is 8.71. The van der Waals surface area contributed by atoms with Gasteiger partial charge in [-0.2, -0.15) is 0 Å². The number of hydrogen-bond donors (Lipinski definition) is 3. The molecule has 0 bridgehead atoms. The highest BCUT2D eigenvalue weighted by Gasteiger charge is 2.02. The largest absolute Gasteiger partial charge is 0.357 e. The Morgan fingerprint density at radius 2 is 1.80 bits per heavy atom. The van der Waals surface area contributed by atoms with Gasteiger partial charge in [0.1, 0.15) is 0 Å². The highest BCUT2D eigenvalue weighted by molar-refractivity contribution is 5.80. The Balaban J connectivity index is 1.67. The van der Waals surface area contributed by atoms with Gasteiger partial charge < -0.3 is 20.5 Å². The number of hydrogen-bond acceptors (Lipinski definition) is 2. The summed E-state index contributed by atoms with van der Waals surface area (Å²) in [6.07, 6.45) is 4.44. The van der Waals surface area contributed by atoms with Crippen LogP contribution in [0.15, 0.2) is 59.9 Å². The number of aromatic nitrogens is 1. The van der Waals surface area contributed by atoms with Crippen LogP contribution < -0.4 is 16.0 Å². The molecule has 6 nitrogen and oxygen atoms in total. The number of guanidine groups is 1. The van der Waals surface area contributed by atoms with Crippen molar-refractivity contribution in [2.24, 2.45) is 4.99 Å². The molecule has 134 valence electrons. The van der Waals surface area contributed by atoms with E-state index in [1.807, 2.05) is 61.8 Å². The number of aliphatic imine (C=N–C) groups is 1. The van der Waals surface area contributed by atoms with Gasteiger partial charge in [0.2, 0.25) is 5.91 Å². The third kappa shape index (κ3) is 7.56. The van der Waals surface area contributed by atoms with Crippen LogP contribution >= 0.6 is 0 Å². The average molecular weight is 341 g/mol. The zero-order valence-corrected chi connectivity index (χ0v) is 14.7. The van der Waals surface area contributed by atoms with E-state index >= 15 is 0 Å². The molecule has 2 rings (SSSR count). The van der Waals surface area contributed by atoms with Gasteiger partial charge in [-0.25, -0.2) is 0 Å². The van der Waals surface area contributed by atoms with Gasteiger partial charge in [0, 0.05) is 45.0 Å². The molecule has 0 aliphatic rings. The fourth-order valence-corrected chi connectivity index (χ4v) is 2.32. The molecule has 0 atom stereocenters. The lowest BCUT2D eigenvalue weighted by Gasteiger charge is -2.11. The van der Waals surface area contributed by atoms with Crippen LogP contribution in [0.25, 0.3) is 0 Å². The lowest BCUT2D eigenvalue weighted by Crippen LogP contribution is -2.39. The summed E-state index contributed by atoms with van der Waals surface area (Å²) in [6, 6.07) is 13.9. The second-order valence-electron chi connectivity index (χ2n) is 5.62. The van der Waals surface area contributed by atoms with E-state index in [1.165, 1.54) is 0 Å². The summed E-state index contributed by atoms with van der Waals surface area (Å²) in [7, 11) is 0. The van der Waals surface area contributed by atoms with E-state index in [1.54, 1.807) is 0 Å². The minimum Gasteiger partial charge on any atom is -0.357 e. The fourth-order valence-electron chi connectivity index (χ4n) is 2.32. The summed E-state index contributed by atoms with van der Waals surface area (Å²) in [4.78, 5) is 16.4. The molecule has 6 heteroatoms. The van der Waals surface area contributed by atoms with Crippen LogP contribution in [0.5, 0.6) is 0 Å². The van der Waals surface area contributed by atoms with E-state index in [0.29, 0.717) is 19.5 Å². The Morgan fingerprint density at radius 1 is 1.04 bits per heavy atom. The van der Waals surface area contributed by atoms with Gasteiger partial charge in [-0.3, -0.25) is 9.79 Å². The first kappa shape index (κ1) is 18.6. The Morgan fingerprint density at radius 3 is 2.52 bits per heavy atom. The summed E-state index contributed by atoms with van der Waals surface area (Å²) in [5.41, 5.74) is 1.10. The SMILES string of the molecule is CCNC(=NCCC(=O)NCc1ccccc1)NCCn1cccc1. The Bertz CT molecular complexity index is 637. The van der Waals surface area contributed by atoms with Crippen LogP contribution in [-0.4, -0.2) is 36.1 Å². The normalized spacial score (nSPS) is 11.2. The van der Waals surface area contributed by atoms with E-state index in [4.69, 9.17) is 0 Å². The predicted molar refractivity (Wildman–Crippen MR) is 101 cm³/mol. The average Bonchev–Trinajstić information content (AvgIpc) is 3.14. The second-order valence-corrected chi connectivity index (χ2v) is 5.62. The maximum atomic E-state index is 11.9. The van der Waals surface area contributed by atoms with Gasteiger partial charge in [0.25, 0.3) is 0 Å². The van der Waals surface area contributed by atoms with Gasteiger partial charge in [-0.1, -0.05) is 30.3 Å². The first-order chi connectivity index (χ1) is 12.3. The summed E-state index contributed by atoms with van der Waals surface area (Å²) in [6.45, 7) is 5.47. The van der Waals surface area contributed by atoms with E-state index < -0.39 is 0 Å². The zero-order valence-electron chi connectivity index (χ0n) is 14.7. The zero-order chi connectivity index (χ0) is 17.7. The number of nitrogens with zero attached hydrogens (tertiary/aromatic N) is 2. The lowest BCUT2D eigenvalue weighted by atomic mass is 10.2. The molecule has 1 heterocycles. The minimum absolute atomic E-state index is 0.00999. The summed E-state index contributed by atoms with van der Waals surface area (Å²) in [5, 5.41) is 9.38. The lowest BCUT2D eigenvalue weighted by molar-refractivity contribution is -0.121. The Hall–Kier alpha value is -2.76. The third-order valence-corrected chi connectivity index (χ3v) is 3.61. The van der Waals surface area contributed by atoms with E-state index in [2.05, 4.69) is 25.5 Å². The molecule has 0 fully saturated rings. The third-order valence-electron chi connectivity index (χ3n) is 3.61. The molecule has 1 aromatic heterocycles. The molecule has 0 saturated carbocycles. The van der Waals surface area contributed by atoms with Gasteiger partial charge >= 0.3 is 0 Å². The highest BCUT2D eigenvalue weighted by Crippen LogP contribution is 1.97. The van der Waals surface area contributed by atoms with E-state index in [0.717, 1.165) is 31.2 Å². The van der Waals surface area contributed by atoms with Crippen LogP contribution in [0.4, 0.5) is 0 Å². The van der Waals surface area contributed by atoms with Crippen LogP contribution in [0.3, 0.4) is 0 Å². The van der Waals surface area contributed by atoms with Crippen molar-refractivity contribution in [2.45, 2.75) is 26.4 Å². The molecule has 0 unspecified atom stereocenters. The monoisotopic (exact) mass is 341 g/mol. The van der Waals surface area contributed by atoms with Crippen molar-refractivity contribution < 1.29 is 4.79 Å². The summed E-state index contributed by atoms with van der Waals surface area (Å²) >= 11 is 0. The molecular weight excluding hydrogens is 314 g/mol. The quantitative estimate of drug-likeness (QED) is 0.481. The number of amides is 1. The molecule has 2 aromatic rings. The molecule has 0 aliphatic carbocycles. The molecule has 0 saturated heterocycles. The van der Waals surface area contributed by atoms with Crippen molar-refractivity contribution >= 4 is 11.9 Å². The number of nitrogens with one attached hydrogen (secondary N) is 3. The molecule has 1 amide bonds. The summed E-state index contributed by atoms with van der Waals surface area (Å²) in [5.74, 6) is 0.751. The van der Waals surface area contributed by atoms with Crippen LogP contribution in [0.2, 0.25) is 0 Å². The number of rotatable bonds is 9. The smallest absolute Gasteiger partial charge is 0.222 e. The molecule has 1 aromatic carbocycles. The van der Waals surface area contributed by atoms with Crippen molar-refractivity contribution in [3.05, 3.63) is 60.4 Å². The van der Waals surface area contributed by atoms with Gasteiger partial charge in [-0.15, -0.1) is 0 Å². The minimum atomic E-state index is 0.00999. The standard InChI is InChI=1S/C19H27N5O/c1-2-20-19(22-12-15-24-13-6-7-14-24)21-11-10-18(25)23-16-17-8-4-3-5-9-17/h3-9,13-14H,2,10-12,15-16H2,1H3,(H,23,25)(H2,20,21,22). The van der Waals surface area contributed by atoms with Gasteiger partial charge in [-0.05, 0) is 24.6 Å².